The summed E-state index contributed by atoms with van der Waals surface area (Å²) in [6.07, 6.45) is 0. The topological polar surface area (TPSA) is 92.5 Å². The smallest absolute Gasteiger partial charge is 0.257 e. The van der Waals surface area contributed by atoms with Crippen LogP contribution in [0.2, 0.25) is 5.02 Å². The van der Waals surface area contributed by atoms with Gasteiger partial charge in [0.1, 0.15) is 5.52 Å². The highest BCUT2D eigenvalue weighted by Crippen LogP contribution is 2.26. The minimum absolute atomic E-state index is 0.0154. The van der Waals surface area contributed by atoms with Crippen molar-refractivity contribution in [2.24, 2.45) is 0 Å². The number of oxazole rings is 1. The Bertz CT molecular complexity index is 1350. The number of sulfonamides is 1. The zero-order chi connectivity index (χ0) is 22.2. The summed E-state index contributed by atoms with van der Waals surface area (Å²) in [7, 11) is -0.855. The molecule has 0 radical (unpaired) electrons. The number of para-hydroxylation sites is 2. The van der Waals surface area contributed by atoms with E-state index >= 15 is 0 Å². The van der Waals surface area contributed by atoms with Gasteiger partial charge in [0.15, 0.2) is 5.58 Å². The van der Waals surface area contributed by atoms with E-state index < -0.39 is 15.9 Å². The van der Waals surface area contributed by atoms with Crippen molar-refractivity contribution in [2.45, 2.75) is 4.90 Å². The van der Waals surface area contributed by atoms with Crippen molar-refractivity contribution in [1.29, 1.82) is 0 Å². The highest BCUT2D eigenvalue weighted by molar-refractivity contribution is 7.89. The van der Waals surface area contributed by atoms with Crippen molar-refractivity contribution >= 4 is 44.3 Å². The number of rotatable bonds is 5. The van der Waals surface area contributed by atoms with Gasteiger partial charge in [-0.15, -0.1) is 0 Å². The lowest BCUT2D eigenvalue weighted by atomic mass is 10.2. The maximum Gasteiger partial charge on any atom is 0.257 e. The number of aromatic nitrogens is 1. The van der Waals surface area contributed by atoms with Crippen molar-refractivity contribution in [3.63, 3.8) is 0 Å². The third kappa shape index (κ3) is 4.18. The van der Waals surface area contributed by atoms with Gasteiger partial charge in [0.05, 0.1) is 15.5 Å². The molecule has 158 valence electrons. The molecule has 0 atom stereocenters. The molecule has 0 fully saturated rings. The Balaban J connectivity index is 1.56. The van der Waals surface area contributed by atoms with Crippen LogP contribution >= 0.6 is 11.6 Å². The third-order valence-electron chi connectivity index (χ3n) is 4.64. The average Bonchev–Trinajstić information content (AvgIpc) is 3.18. The molecule has 1 amide bonds. The summed E-state index contributed by atoms with van der Waals surface area (Å²) >= 11 is 6.14. The molecule has 0 aliphatic carbocycles. The largest absolute Gasteiger partial charge is 0.436 e. The van der Waals surface area contributed by atoms with E-state index in [4.69, 9.17) is 16.0 Å². The van der Waals surface area contributed by atoms with Crippen molar-refractivity contribution in [1.82, 2.24) is 9.29 Å². The monoisotopic (exact) mass is 455 g/mol. The van der Waals surface area contributed by atoms with Crippen LogP contribution in [0.1, 0.15) is 10.4 Å². The summed E-state index contributed by atoms with van der Waals surface area (Å²) in [5.74, 6) is -0.0425. The van der Waals surface area contributed by atoms with Crippen LogP contribution in [0.3, 0.4) is 0 Å². The molecule has 1 heterocycles. The molecule has 7 nitrogen and oxygen atoms in total. The molecule has 4 aromatic rings. The quantitative estimate of drug-likeness (QED) is 0.472. The number of halogens is 1. The Kier molecular flexibility index (Phi) is 5.53. The van der Waals surface area contributed by atoms with Gasteiger partial charge in [-0.2, -0.15) is 0 Å². The van der Waals surface area contributed by atoms with Gasteiger partial charge in [-0.1, -0.05) is 23.7 Å². The van der Waals surface area contributed by atoms with Crippen LogP contribution in [0.4, 0.5) is 5.69 Å². The molecule has 0 saturated carbocycles. The number of nitrogens with one attached hydrogen (secondary N) is 1. The fourth-order valence-corrected chi connectivity index (χ4v) is 4.07. The van der Waals surface area contributed by atoms with Crippen LogP contribution in [-0.2, 0) is 10.0 Å². The van der Waals surface area contributed by atoms with E-state index in [0.717, 1.165) is 15.4 Å². The number of carbonyl (C=O) groups excluding carboxylic acids is 1. The normalized spacial score (nSPS) is 11.7. The van der Waals surface area contributed by atoms with Gasteiger partial charge in [-0.25, -0.2) is 17.7 Å². The number of benzene rings is 3. The first-order valence-corrected chi connectivity index (χ1v) is 11.1. The van der Waals surface area contributed by atoms with Gasteiger partial charge >= 0.3 is 0 Å². The summed E-state index contributed by atoms with van der Waals surface area (Å²) in [6.45, 7) is 0. The number of amides is 1. The van der Waals surface area contributed by atoms with Crippen molar-refractivity contribution in [2.75, 3.05) is 19.4 Å². The highest BCUT2D eigenvalue weighted by Gasteiger charge is 2.21. The van der Waals surface area contributed by atoms with Gasteiger partial charge in [-0.05, 0) is 54.6 Å². The molecule has 0 unspecified atom stereocenters. The number of carbonyl (C=O) groups is 1. The second-order valence-corrected chi connectivity index (χ2v) is 9.51. The van der Waals surface area contributed by atoms with Gasteiger partial charge in [0.2, 0.25) is 15.9 Å². The minimum Gasteiger partial charge on any atom is -0.436 e. The molecule has 4 rings (SSSR count). The summed E-state index contributed by atoms with van der Waals surface area (Å²) in [5, 5.41) is 2.88. The molecular formula is C22H18ClN3O4S. The van der Waals surface area contributed by atoms with Gasteiger partial charge in [0, 0.05) is 25.3 Å². The molecule has 31 heavy (non-hydrogen) atoms. The van der Waals surface area contributed by atoms with Crippen LogP contribution in [0.25, 0.3) is 22.6 Å². The number of anilines is 1. The maximum atomic E-state index is 12.7. The third-order valence-corrected chi connectivity index (χ3v) is 6.79. The first kappa shape index (κ1) is 21.0. The van der Waals surface area contributed by atoms with Gasteiger partial charge in [0.25, 0.3) is 5.91 Å². The predicted molar refractivity (Wildman–Crippen MR) is 120 cm³/mol. The lowest BCUT2D eigenvalue weighted by Gasteiger charge is -2.13. The molecule has 1 N–H and O–H groups in total. The predicted octanol–water partition coefficient (Wildman–Crippen LogP) is 4.65. The Hall–Kier alpha value is -3.20. The fourth-order valence-electron chi connectivity index (χ4n) is 2.94. The second-order valence-electron chi connectivity index (χ2n) is 6.95. The number of nitrogens with zero attached hydrogens (tertiary/aromatic N) is 2. The SMILES string of the molecule is CN(C)S(=O)(=O)c1ccc(Cl)c(C(=O)Nc2ccc(-c3nc4ccccc4o3)cc2)c1. The summed E-state index contributed by atoms with van der Waals surface area (Å²) in [6, 6.07) is 18.4. The number of fused-ring (bicyclic) bond motifs is 1. The Morgan fingerprint density at radius 2 is 1.74 bits per heavy atom. The summed E-state index contributed by atoms with van der Waals surface area (Å²) in [5.41, 5.74) is 2.79. The van der Waals surface area contributed by atoms with E-state index in [1.54, 1.807) is 24.3 Å². The van der Waals surface area contributed by atoms with Crippen LogP contribution in [0, 0.1) is 0 Å². The average molecular weight is 456 g/mol. The van der Waals surface area contributed by atoms with Crippen LogP contribution in [0.15, 0.2) is 76.0 Å². The number of hydrogen-bond donors (Lipinski definition) is 1. The maximum absolute atomic E-state index is 12.7. The second kappa shape index (κ2) is 8.14. The highest BCUT2D eigenvalue weighted by atomic mass is 35.5. The molecule has 1 aromatic heterocycles. The molecule has 9 heteroatoms. The zero-order valence-corrected chi connectivity index (χ0v) is 18.2. The summed E-state index contributed by atoms with van der Waals surface area (Å²) in [4.78, 5) is 17.2. The van der Waals surface area contributed by atoms with E-state index in [1.807, 2.05) is 24.3 Å². The molecule has 0 bridgehead atoms. The standard InChI is InChI=1S/C22H18ClN3O4S/c1-26(2)31(28,29)16-11-12-18(23)17(13-16)21(27)24-15-9-7-14(8-10-15)22-25-19-5-3-4-6-20(19)30-22/h3-13H,1-2H3,(H,24,27). The summed E-state index contributed by atoms with van der Waals surface area (Å²) < 4.78 is 31.5. The van der Waals surface area contributed by atoms with E-state index in [2.05, 4.69) is 10.3 Å². The molecule has 3 aromatic carbocycles. The van der Waals surface area contributed by atoms with Gasteiger partial charge < -0.3 is 9.73 Å². The van der Waals surface area contributed by atoms with E-state index in [1.165, 1.54) is 32.3 Å². The molecule has 0 aliphatic rings. The minimum atomic E-state index is -3.69. The first-order chi connectivity index (χ1) is 14.8. The lowest BCUT2D eigenvalue weighted by Crippen LogP contribution is -2.23. The molecular weight excluding hydrogens is 438 g/mol. The van der Waals surface area contributed by atoms with Crippen LogP contribution in [0.5, 0.6) is 0 Å². The van der Waals surface area contributed by atoms with E-state index in [9.17, 15) is 13.2 Å². The number of hydrogen-bond acceptors (Lipinski definition) is 5. The van der Waals surface area contributed by atoms with Crippen LogP contribution < -0.4 is 5.32 Å². The van der Waals surface area contributed by atoms with Crippen molar-refractivity contribution in [3.05, 3.63) is 77.3 Å². The Labute approximate surface area is 184 Å². The lowest BCUT2D eigenvalue weighted by molar-refractivity contribution is 0.102. The van der Waals surface area contributed by atoms with E-state index in [-0.39, 0.29) is 15.5 Å². The van der Waals surface area contributed by atoms with Crippen molar-refractivity contribution < 1.29 is 17.6 Å². The van der Waals surface area contributed by atoms with Crippen LogP contribution in [-0.4, -0.2) is 37.7 Å². The Morgan fingerprint density at radius 3 is 2.42 bits per heavy atom. The molecule has 0 spiro atoms. The fraction of sp³-hybridized carbons (Fsp3) is 0.0909. The molecule has 0 aliphatic heterocycles. The molecule has 0 saturated heterocycles. The Morgan fingerprint density at radius 1 is 1.03 bits per heavy atom. The van der Waals surface area contributed by atoms with Gasteiger partial charge in [-0.3, -0.25) is 4.79 Å². The van der Waals surface area contributed by atoms with Crippen molar-refractivity contribution in [3.8, 4) is 11.5 Å². The first-order valence-electron chi connectivity index (χ1n) is 9.25. The van der Waals surface area contributed by atoms with E-state index in [0.29, 0.717) is 17.2 Å². The zero-order valence-electron chi connectivity index (χ0n) is 16.7.